The summed E-state index contributed by atoms with van der Waals surface area (Å²) < 4.78 is 9.78. The van der Waals surface area contributed by atoms with Gasteiger partial charge in [-0.3, -0.25) is 0 Å². The first-order valence-electron chi connectivity index (χ1n) is 4.26. The minimum atomic E-state index is -1.25. The lowest BCUT2D eigenvalue weighted by Gasteiger charge is -2.39. The molecule has 1 heterocycles. The van der Waals surface area contributed by atoms with E-state index in [-0.39, 0.29) is 0 Å². The smallest absolute Gasteiger partial charge is 0.335 e. The highest BCUT2D eigenvalue weighted by atomic mass is 16.6. The lowest BCUT2D eigenvalue weighted by molar-refractivity contribution is -0.229. The number of ether oxygens (including phenoxy) is 2. The van der Waals surface area contributed by atoms with Gasteiger partial charge in [0.1, 0.15) is 18.3 Å². The van der Waals surface area contributed by atoms with Crippen LogP contribution in [-0.4, -0.2) is 58.9 Å². The summed E-state index contributed by atoms with van der Waals surface area (Å²) in [4.78, 5) is 10.7. The fraction of sp³-hybridized carbons (Fsp3) is 0.875. The lowest BCUT2D eigenvalue weighted by Crippen LogP contribution is -2.59. The third-order valence-corrected chi connectivity index (χ3v) is 2.34. The summed E-state index contributed by atoms with van der Waals surface area (Å²) >= 11 is 0. The van der Waals surface area contributed by atoms with E-state index in [0.29, 0.717) is 0 Å². The van der Waals surface area contributed by atoms with E-state index in [1.54, 1.807) is 0 Å². The van der Waals surface area contributed by atoms with E-state index < -0.39 is 36.5 Å². The molecule has 3 N–H and O–H groups in total. The van der Waals surface area contributed by atoms with Gasteiger partial charge >= 0.3 is 5.97 Å². The quantitative estimate of drug-likeness (QED) is 0.514. The molecule has 0 amide bonds. The van der Waals surface area contributed by atoms with Crippen molar-refractivity contribution in [1.82, 2.24) is 0 Å². The molecule has 0 aromatic heterocycles. The predicted octanol–water partition coefficient (Wildman–Crippen LogP) is -1.40. The number of carboxylic acids is 1. The van der Waals surface area contributed by atoms with E-state index in [9.17, 15) is 15.0 Å². The summed E-state index contributed by atoms with van der Waals surface area (Å²) in [7, 11) is 1.26. The van der Waals surface area contributed by atoms with Crippen molar-refractivity contribution < 1.29 is 29.6 Å². The Morgan fingerprint density at radius 1 is 1.36 bits per heavy atom. The van der Waals surface area contributed by atoms with Crippen molar-refractivity contribution in [2.75, 3.05) is 7.11 Å². The molecule has 0 radical (unpaired) electrons. The summed E-state index contributed by atoms with van der Waals surface area (Å²) in [6.07, 6.45) is -5.38. The monoisotopic (exact) mass is 206 g/mol. The zero-order valence-electron chi connectivity index (χ0n) is 7.95. The number of aliphatic hydroxyl groups is 2. The second-order valence-corrected chi connectivity index (χ2v) is 3.28. The van der Waals surface area contributed by atoms with Crippen LogP contribution in [0.5, 0.6) is 0 Å². The van der Waals surface area contributed by atoms with Crippen molar-refractivity contribution in [3.8, 4) is 0 Å². The van der Waals surface area contributed by atoms with Crippen molar-refractivity contribution >= 4 is 5.97 Å². The topological polar surface area (TPSA) is 96.2 Å². The molecule has 1 fully saturated rings. The molecular weight excluding hydrogens is 192 g/mol. The van der Waals surface area contributed by atoms with Crippen molar-refractivity contribution in [2.45, 2.75) is 37.4 Å². The average molecular weight is 206 g/mol. The van der Waals surface area contributed by atoms with Crippen LogP contribution in [0.2, 0.25) is 0 Å². The number of carbonyl (C=O) groups is 1. The zero-order valence-corrected chi connectivity index (χ0v) is 7.95. The third-order valence-electron chi connectivity index (χ3n) is 2.34. The molecule has 0 aromatic rings. The van der Waals surface area contributed by atoms with Crippen LogP contribution in [0, 0.1) is 0 Å². The van der Waals surface area contributed by atoms with Crippen LogP contribution in [0.15, 0.2) is 0 Å². The van der Waals surface area contributed by atoms with Gasteiger partial charge in [-0.25, -0.2) is 4.79 Å². The van der Waals surface area contributed by atoms with E-state index in [4.69, 9.17) is 14.6 Å². The van der Waals surface area contributed by atoms with E-state index >= 15 is 0 Å². The number of aliphatic hydroxyl groups excluding tert-OH is 2. The summed E-state index contributed by atoms with van der Waals surface area (Å²) in [5, 5.41) is 27.7. The molecule has 6 heteroatoms. The molecule has 0 saturated carbocycles. The molecule has 2 unspecified atom stereocenters. The zero-order chi connectivity index (χ0) is 10.9. The van der Waals surface area contributed by atoms with Crippen molar-refractivity contribution in [1.29, 1.82) is 0 Å². The maximum atomic E-state index is 10.7. The number of hydrogen-bond donors (Lipinski definition) is 3. The normalized spacial score (nSPS) is 43.6. The minimum Gasteiger partial charge on any atom is -0.479 e. The number of methoxy groups -OCH3 is 1. The number of rotatable bonds is 2. The van der Waals surface area contributed by atoms with Crippen molar-refractivity contribution in [2.24, 2.45) is 0 Å². The molecule has 0 spiro atoms. The fourth-order valence-electron chi connectivity index (χ4n) is 1.50. The lowest BCUT2D eigenvalue weighted by atomic mass is 9.95. The first kappa shape index (κ1) is 11.4. The summed E-state index contributed by atoms with van der Waals surface area (Å²) in [5.41, 5.74) is 0. The summed E-state index contributed by atoms with van der Waals surface area (Å²) in [5.74, 6) is -1.21. The molecule has 5 atom stereocenters. The molecule has 6 nitrogen and oxygen atoms in total. The van der Waals surface area contributed by atoms with E-state index in [1.807, 2.05) is 0 Å². The third kappa shape index (κ3) is 1.88. The van der Waals surface area contributed by atoms with Gasteiger partial charge in [0.2, 0.25) is 0 Å². The van der Waals surface area contributed by atoms with Gasteiger partial charge in [-0.05, 0) is 6.92 Å². The van der Waals surface area contributed by atoms with Crippen LogP contribution < -0.4 is 0 Å². The van der Waals surface area contributed by atoms with Gasteiger partial charge in [-0.15, -0.1) is 0 Å². The first-order valence-corrected chi connectivity index (χ1v) is 4.26. The first-order chi connectivity index (χ1) is 6.49. The molecule has 1 aliphatic rings. The Hall–Kier alpha value is -0.690. The van der Waals surface area contributed by atoms with Crippen LogP contribution in [0.4, 0.5) is 0 Å². The predicted molar refractivity (Wildman–Crippen MR) is 44.8 cm³/mol. The number of carboxylic acid groups (broad SMARTS) is 1. The number of hydrogen-bond acceptors (Lipinski definition) is 5. The second kappa shape index (κ2) is 4.22. The van der Waals surface area contributed by atoms with Crippen LogP contribution in [0.25, 0.3) is 0 Å². The average Bonchev–Trinajstić information content (AvgIpc) is 2.13. The molecule has 1 saturated heterocycles. The summed E-state index contributed by atoms with van der Waals surface area (Å²) in [6, 6.07) is 0. The Bertz CT molecular complexity index is 218. The Morgan fingerprint density at radius 3 is 2.36 bits per heavy atom. The Balaban J connectivity index is 2.82. The van der Waals surface area contributed by atoms with Crippen LogP contribution in [-0.2, 0) is 14.3 Å². The van der Waals surface area contributed by atoms with Gasteiger partial charge in [0.15, 0.2) is 6.10 Å². The van der Waals surface area contributed by atoms with Crippen LogP contribution >= 0.6 is 0 Å². The molecule has 14 heavy (non-hydrogen) atoms. The second-order valence-electron chi connectivity index (χ2n) is 3.28. The Morgan fingerprint density at radius 2 is 1.93 bits per heavy atom. The molecule has 1 aliphatic heterocycles. The fourth-order valence-corrected chi connectivity index (χ4v) is 1.50. The van der Waals surface area contributed by atoms with Gasteiger partial charge in [-0.2, -0.15) is 0 Å². The maximum Gasteiger partial charge on any atom is 0.335 e. The van der Waals surface area contributed by atoms with Gasteiger partial charge < -0.3 is 24.8 Å². The van der Waals surface area contributed by atoms with Gasteiger partial charge in [0.25, 0.3) is 0 Å². The largest absolute Gasteiger partial charge is 0.479 e. The Kier molecular flexibility index (Phi) is 3.43. The van der Waals surface area contributed by atoms with E-state index in [1.165, 1.54) is 14.0 Å². The van der Waals surface area contributed by atoms with Gasteiger partial charge in [0.05, 0.1) is 6.10 Å². The highest BCUT2D eigenvalue weighted by molar-refractivity contribution is 5.73. The van der Waals surface area contributed by atoms with Crippen molar-refractivity contribution in [3.05, 3.63) is 0 Å². The molecule has 82 valence electrons. The van der Waals surface area contributed by atoms with Gasteiger partial charge in [0, 0.05) is 7.11 Å². The molecule has 0 bridgehead atoms. The molecule has 0 aliphatic carbocycles. The number of aliphatic carboxylic acids is 1. The Labute approximate surface area is 81.1 Å². The SMILES string of the molecule is CO[C@@H]1C(C(=O)O)O[C@@H](C)C(O)[C@H]1O. The van der Waals surface area contributed by atoms with Crippen molar-refractivity contribution in [3.63, 3.8) is 0 Å². The maximum absolute atomic E-state index is 10.7. The standard InChI is InChI=1S/C8H14O6/c1-3-4(9)5(10)6(13-2)7(14-3)8(11)12/h3-7,9-10H,1-2H3,(H,11,12)/t3-,4?,5+,6-,7?/m0/s1. The van der Waals surface area contributed by atoms with Gasteiger partial charge in [-0.1, -0.05) is 0 Å². The van der Waals surface area contributed by atoms with E-state index in [0.717, 1.165) is 0 Å². The highest BCUT2D eigenvalue weighted by Gasteiger charge is 2.46. The van der Waals surface area contributed by atoms with E-state index in [2.05, 4.69) is 0 Å². The molecule has 0 aromatic carbocycles. The molecular formula is C8H14O6. The van der Waals surface area contributed by atoms with Crippen LogP contribution in [0.3, 0.4) is 0 Å². The highest BCUT2D eigenvalue weighted by Crippen LogP contribution is 2.22. The minimum absolute atomic E-state index is 0.725. The molecule has 1 rings (SSSR count). The van der Waals surface area contributed by atoms with Crippen LogP contribution in [0.1, 0.15) is 6.92 Å². The summed E-state index contributed by atoms with van der Waals surface area (Å²) in [6.45, 7) is 1.50.